The fourth-order valence-electron chi connectivity index (χ4n) is 3.25. The summed E-state index contributed by atoms with van der Waals surface area (Å²) in [7, 11) is 0. The summed E-state index contributed by atoms with van der Waals surface area (Å²) >= 11 is 6.26. The first-order valence-electron chi connectivity index (χ1n) is 8.63. The maximum atomic E-state index is 12.4. The fourth-order valence-corrected chi connectivity index (χ4v) is 3.46. The van der Waals surface area contributed by atoms with Crippen molar-refractivity contribution >= 4 is 23.5 Å². The van der Waals surface area contributed by atoms with Gasteiger partial charge < -0.3 is 19.9 Å². The largest absolute Gasteiger partial charge is 0.465 e. The Morgan fingerprint density at radius 1 is 1.30 bits per heavy atom. The topological polar surface area (TPSA) is 102 Å². The van der Waals surface area contributed by atoms with Gasteiger partial charge >= 0.3 is 6.09 Å². The van der Waals surface area contributed by atoms with Crippen molar-refractivity contribution in [3.63, 3.8) is 0 Å². The molecule has 1 amide bonds. The van der Waals surface area contributed by atoms with E-state index in [4.69, 9.17) is 11.6 Å². The van der Waals surface area contributed by atoms with Gasteiger partial charge in [0.25, 0.3) is 5.56 Å². The zero-order valence-electron chi connectivity index (χ0n) is 15.4. The van der Waals surface area contributed by atoms with Crippen LogP contribution < -0.4 is 10.5 Å². The third-order valence-corrected chi connectivity index (χ3v) is 5.07. The predicted molar refractivity (Wildman–Crippen MR) is 103 cm³/mol. The number of anilines is 1. The number of hydrogen-bond donors (Lipinski definition) is 2. The van der Waals surface area contributed by atoms with Crippen molar-refractivity contribution in [1.82, 2.24) is 19.9 Å². The maximum absolute atomic E-state index is 12.4. The number of amides is 1. The molecule has 1 fully saturated rings. The van der Waals surface area contributed by atoms with Crippen molar-refractivity contribution in [3.05, 3.63) is 39.9 Å². The number of piperazine rings is 1. The van der Waals surface area contributed by atoms with Crippen LogP contribution >= 0.6 is 11.6 Å². The first-order chi connectivity index (χ1) is 12.7. The molecule has 2 N–H and O–H groups in total. The van der Waals surface area contributed by atoms with E-state index in [-0.39, 0.29) is 16.5 Å². The lowest BCUT2D eigenvalue weighted by Crippen LogP contribution is -2.59. The van der Waals surface area contributed by atoms with Gasteiger partial charge in [0.1, 0.15) is 10.8 Å². The van der Waals surface area contributed by atoms with Crippen LogP contribution in [0.2, 0.25) is 5.02 Å². The van der Waals surface area contributed by atoms with Crippen LogP contribution in [0.25, 0.3) is 11.4 Å². The van der Waals surface area contributed by atoms with Crippen LogP contribution in [0.1, 0.15) is 20.8 Å². The van der Waals surface area contributed by atoms with Crippen molar-refractivity contribution in [2.75, 3.05) is 24.5 Å². The normalized spacial score (nSPS) is 17.9. The van der Waals surface area contributed by atoms with Crippen LogP contribution in [0, 0.1) is 5.41 Å². The molecule has 1 atom stereocenters. The molecule has 0 radical (unpaired) electrons. The lowest BCUT2D eigenvalue weighted by atomic mass is 9.84. The highest BCUT2D eigenvalue weighted by atomic mass is 35.5. The van der Waals surface area contributed by atoms with Crippen LogP contribution in [0.4, 0.5) is 10.6 Å². The average molecular weight is 392 g/mol. The Morgan fingerprint density at radius 3 is 2.56 bits per heavy atom. The summed E-state index contributed by atoms with van der Waals surface area (Å²) in [4.78, 5) is 38.5. The van der Waals surface area contributed by atoms with Crippen LogP contribution in [0.5, 0.6) is 0 Å². The van der Waals surface area contributed by atoms with Crippen molar-refractivity contribution in [2.24, 2.45) is 5.41 Å². The van der Waals surface area contributed by atoms with Crippen LogP contribution in [0.15, 0.2) is 29.3 Å². The van der Waals surface area contributed by atoms with Crippen LogP contribution in [0.3, 0.4) is 0 Å². The highest BCUT2D eigenvalue weighted by Gasteiger charge is 2.39. The standard InChI is InChI=1S/C18H22ClN5O3/c1-18(2,3)12-10-23(8-9-24(12)17(26)27)15-13(19)16(25)22-14(21-15)11-4-6-20-7-5-11/h4-7,12H,8-10H2,1-3H3,(H,26,27)(H,21,22,25). The van der Waals surface area contributed by atoms with E-state index in [1.807, 2.05) is 25.7 Å². The first kappa shape index (κ1) is 19.2. The number of nitrogens with one attached hydrogen (secondary N) is 1. The Bertz CT molecular complexity index is 894. The van der Waals surface area contributed by atoms with E-state index in [0.717, 1.165) is 5.56 Å². The minimum absolute atomic E-state index is 0.00393. The number of aromatic amines is 1. The van der Waals surface area contributed by atoms with Gasteiger partial charge in [0.2, 0.25) is 0 Å². The molecular formula is C18H22ClN5O3. The molecule has 3 heterocycles. The monoisotopic (exact) mass is 391 g/mol. The summed E-state index contributed by atoms with van der Waals surface area (Å²) in [6.07, 6.45) is 2.28. The number of aromatic nitrogens is 3. The Labute approximate surface area is 161 Å². The summed E-state index contributed by atoms with van der Waals surface area (Å²) in [5.74, 6) is 0.765. The summed E-state index contributed by atoms with van der Waals surface area (Å²) in [6.45, 7) is 7.10. The van der Waals surface area contributed by atoms with E-state index in [0.29, 0.717) is 31.3 Å². The van der Waals surface area contributed by atoms with Crippen molar-refractivity contribution in [1.29, 1.82) is 0 Å². The molecule has 3 rings (SSSR count). The molecule has 9 heteroatoms. The molecule has 144 valence electrons. The second-order valence-corrected chi connectivity index (χ2v) is 7.97. The molecule has 0 aliphatic carbocycles. The van der Waals surface area contributed by atoms with E-state index < -0.39 is 11.7 Å². The molecule has 1 saturated heterocycles. The molecule has 2 aromatic heterocycles. The highest BCUT2D eigenvalue weighted by Crippen LogP contribution is 2.31. The van der Waals surface area contributed by atoms with E-state index in [1.165, 1.54) is 4.90 Å². The molecule has 1 aliphatic rings. The molecule has 1 unspecified atom stereocenters. The minimum atomic E-state index is -0.947. The molecule has 0 aromatic carbocycles. The summed E-state index contributed by atoms with van der Waals surface area (Å²) in [5, 5.41) is 9.53. The van der Waals surface area contributed by atoms with Crippen molar-refractivity contribution in [3.8, 4) is 11.4 Å². The number of hydrogen-bond acceptors (Lipinski definition) is 5. The van der Waals surface area contributed by atoms with Gasteiger partial charge in [-0.15, -0.1) is 0 Å². The molecule has 2 aromatic rings. The lowest BCUT2D eigenvalue weighted by Gasteiger charge is -2.46. The summed E-state index contributed by atoms with van der Waals surface area (Å²) < 4.78 is 0. The molecule has 1 aliphatic heterocycles. The van der Waals surface area contributed by atoms with E-state index in [1.54, 1.807) is 24.5 Å². The number of carboxylic acid groups (broad SMARTS) is 1. The van der Waals surface area contributed by atoms with Gasteiger partial charge in [0.15, 0.2) is 5.82 Å². The second kappa shape index (κ2) is 7.19. The number of rotatable bonds is 2. The number of H-pyrrole nitrogens is 1. The lowest BCUT2D eigenvalue weighted by molar-refractivity contribution is 0.0747. The van der Waals surface area contributed by atoms with Gasteiger partial charge in [-0.25, -0.2) is 9.78 Å². The first-order valence-corrected chi connectivity index (χ1v) is 9.01. The maximum Gasteiger partial charge on any atom is 0.407 e. The fraction of sp³-hybridized carbons (Fsp3) is 0.444. The van der Waals surface area contributed by atoms with Gasteiger partial charge in [-0.3, -0.25) is 9.78 Å². The second-order valence-electron chi connectivity index (χ2n) is 7.59. The van der Waals surface area contributed by atoms with Crippen LogP contribution in [-0.4, -0.2) is 56.7 Å². The van der Waals surface area contributed by atoms with Crippen LogP contribution in [-0.2, 0) is 0 Å². The zero-order chi connectivity index (χ0) is 19.8. The highest BCUT2D eigenvalue weighted by molar-refractivity contribution is 6.32. The quantitative estimate of drug-likeness (QED) is 0.815. The van der Waals surface area contributed by atoms with Gasteiger partial charge in [-0.1, -0.05) is 32.4 Å². The van der Waals surface area contributed by atoms with E-state index >= 15 is 0 Å². The zero-order valence-corrected chi connectivity index (χ0v) is 16.2. The third-order valence-electron chi connectivity index (χ3n) is 4.72. The molecule has 0 spiro atoms. The Kier molecular flexibility index (Phi) is 5.10. The Balaban J connectivity index is 2.00. The summed E-state index contributed by atoms with van der Waals surface area (Å²) in [6, 6.07) is 3.23. The third kappa shape index (κ3) is 3.90. The average Bonchev–Trinajstić information content (AvgIpc) is 2.63. The van der Waals surface area contributed by atoms with Gasteiger partial charge in [0, 0.05) is 37.6 Å². The molecular weight excluding hydrogens is 370 g/mol. The van der Waals surface area contributed by atoms with Gasteiger partial charge in [0.05, 0.1) is 6.04 Å². The van der Waals surface area contributed by atoms with Crippen molar-refractivity contribution in [2.45, 2.75) is 26.8 Å². The number of pyridine rings is 1. The minimum Gasteiger partial charge on any atom is -0.465 e. The smallest absolute Gasteiger partial charge is 0.407 e. The van der Waals surface area contributed by atoms with Gasteiger partial charge in [-0.2, -0.15) is 0 Å². The van der Waals surface area contributed by atoms with E-state index in [2.05, 4.69) is 15.0 Å². The molecule has 27 heavy (non-hydrogen) atoms. The predicted octanol–water partition coefficient (Wildman–Crippen LogP) is 2.70. The number of carbonyl (C=O) groups is 1. The summed E-state index contributed by atoms with van der Waals surface area (Å²) in [5.41, 5.74) is 0.0107. The van der Waals surface area contributed by atoms with Crippen molar-refractivity contribution < 1.29 is 9.90 Å². The van der Waals surface area contributed by atoms with E-state index in [9.17, 15) is 14.7 Å². The molecule has 0 saturated carbocycles. The Morgan fingerprint density at radius 2 is 1.96 bits per heavy atom. The molecule has 8 nitrogen and oxygen atoms in total. The Hall–Kier alpha value is -2.61. The number of halogens is 1. The SMILES string of the molecule is CC(C)(C)C1CN(c2nc(-c3ccncc3)[nH]c(=O)c2Cl)CCN1C(=O)O. The number of nitrogens with zero attached hydrogens (tertiary/aromatic N) is 4. The van der Waals surface area contributed by atoms with Gasteiger partial charge in [-0.05, 0) is 17.5 Å². The molecule has 0 bridgehead atoms.